The van der Waals surface area contributed by atoms with E-state index in [2.05, 4.69) is 45.1 Å². The number of anilines is 2. The number of nitrogens with one attached hydrogen (secondary N) is 3. The van der Waals surface area contributed by atoms with E-state index >= 15 is 0 Å². The molecule has 2 aliphatic heterocycles. The van der Waals surface area contributed by atoms with Crippen LogP contribution in [0.5, 0.6) is 0 Å². The van der Waals surface area contributed by atoms with Gasteiger partial charge in [0, 0.05) is 49.5 Å². The second-order valence-electron chi connectivity index (χ2n) is 18.1. The first-order valence-electron chi connectivity index (χ1n) is 22.1. The van der Waals surface area contributed by atoms with E-state index in [0.717, 1.165) is 52.6 Å². The summed E-state index contributed by atoms with van der Waals surface area (Å²) in [4.78, 5) is 41.5. The summed E-state index contributed by atoms with van der Waals surface area (Å²) in [6, 6.07) is 31.5. The summed E-state index contributed by atoms with van der Waals surface area (Å²) in [5.41, 5.74) is 12.4. The number of aliphatic hydroxyl groups excluding tert-OH is 1. The number of fused-ring (bicyclic) bond motifs is 1. The average molecular weight is 830 g/mol. The fourth-order valence-electron chi connectivity index (χ4n) is 9.24. The van der Waals surface area contributed by atoms with Crippen molar-refractivity contribution in [2.24, 2.45) is 5.92 Å². The molecular formula is C50H63N5O6. The highest BCUT2D eigenvalue weighted by Crippen LogP contribution is 2.42. The highest BCUT2D eigenvalue weighted by Gasteiger charge is 2.44. The van der Waals surface area contributed by atoms with E-state index in [0.29, 0.717) is 49.3 Å². The van der Waals surface area contributed by atoms with Crippen LogP contribution in [0.15, 0.2) is 97.1 Å². The van der Waals surface area contributed by atoms with Crippen molar-refractivity contribution >= 4 is 29.1 Å². The molecule has 1 aliphatic carbocycles. The maximum Gasteiger partial charge on any atom is 0.237 e. The van der Waals surface area contributed by atoms with Crippen molar-refractivity contribution < 1.29 is 29.0 Å². The first-order chi connectivity index (χ1) is 29.4. The van der Waals surface area contributed by atoms with Crippen molar-refractivity contribution in [1.82, 2.24) is 15.5 Å². The van der Waals surface area contributed by atoms with Gasteiger partial charge in [-0.3, -0.25) is 19.3 Å². The molecule has 6 N–H and O–H groups in total. The third-order valence-corrected chi connectivity index (χ3v) is 12.3. The van der Waals surface area contributed by atoms with Crippen molar-refractivity contribution in [3.05, 3.63) is 119 Å². The number of para-hydroxylation sites is 2. The fraction of sp³-hybridized carbons (Fsp3) is 0.460. The quantitative estimate of drug-likeness (QED) is 0.0795. The molecule has 3 amide bonds. The molecule has 1 saturated carbocycles. The number of nitrogen functional groups attached to an aromatic ring is 1. The zero-order valence-electron chi connectivity index (χ0n) is 35.9. The molecule has 0 radical (unpaired) electrons. The number of hydrogen-bond donors (Lipinski definition) is 5. The molecule has 2 saturated heterocycles. The number of rotatable bonds is 14. The van der Waals surface area contributed by atoms with Gasteiger partial charge in [-0.1, -0.05) is 85.6 Å². The van der Waals surface area contributed by atoms with E-state index in [1.54, 1.807) is 12.1 Å². The van der Waals surface area contributed by atoms with Crippen molar-refractivity contribution in [2.45, 2.75) is 134 Å². The first-order valence-corrected chi connectivity index (χ1v) is 22.1. The number of nitrogens with two attached hydrogens (primary N) is 1. The molecule has 11 heteroatoms. The molecule has 0 spiro atoms. The van der Waals surface area contributed by atoms with Crippen LogP contribution in [0.3, 0.4) is 0 Å². The van der Waals surface area contributed by atoms with E-state index in [1.165, 1.54) is 19.3 Å². The molecule has 2 heterocycles. The smallest absolute Gasteiger partial charge is 0.237 e. The van der Waals surface area contributed by atoms with Gasteiger partial charge < -0.3 is 36.3 Å². The lowest BCUT2D eigenvalue weighted by Crippen LogP contribution is -2.61. The minimum absolute atomic E-state index is 0.0255. The summed E-state index contributed by atoms with van der Waals surface area (Å²) in [7, 11) is 0. The first kappa shape index (κ1) is 44.0. The lowest BCUT2D eigenvalue weighted by molar-refractivity contribution is -0.255. The van der Waals surface area contributed by atoms with Crippen LogP contribution in [0.25, 0.3) is 11.1 Å². The van der Waals surface area contributed by atoms with Gasteiger partial charge in [-0.25, -0.2) is 0 Å². The third kappa shape index (κ3) is 11.9. The summed E-state index contributed by atoms with van der Waals surface area (Å²) in [5, 5.41) is 18.8. The Bertz CT molecular complexity index is 2120. The summed E-state index contributed by atoms with van der Waals surface area (Å²) >= 11 is 0. The lowest BCUT2D eigenvalue weighted by Gasteiger charge is -2.50. The van der Waals surface area contributed by atoms with Gasteiger partial charge in [-0.2, -0.15) is 0 Å². The number of carbonyl (C=O) groups excluding carboxylic acids is 3. The molecule has 4 aromatic carbocycles. The average Bonchev–Trinajstić information content (AvgIpc) is 3.26. The number of aliphatic hydroxyl groups is 1. The van der Waals surface area contributed by atoms with Gasteiger partial charge in [0.15, 0.2) is 6.29 Å². The van der Waals surface area contributed by atoms with Crippen LogP contribution in [0.4, 0.5) is 11.4 Å². The van der Waals surface area contributed by atoms with E-state index in [1.807, 2.05) is 81.4 Å². The van der Waals surface area contributed by atoms with Crippen molar-refractivity contribution in [3.63, 3.8) is 0 Å². The third-order valence-electron chi connectivity index (χ3n) is 12.3. The second kappa shape index (κ2) is 20.2. The Kier molecular flexibility index (Phi) is 14.6. The van der Waals surface area contributed by atoms with Gasteiger partial charge in [0.05, 0.1) is 36.2 Å². The molecule has 4 aromatic rings. The van der Waals surface area contributed by atoms with Crippen molar-refractivity contribution in [2.75, 3.05) is 17.6 Å². The normalized spacial score (nSPS) is 23.1. The molecule has 6 atom stereocenters. The van der Waals surface area contributed by atoms with E-state index < -0.39 is 6.29 Å². The highest BCUT2D eigenvalue weighted by atomic mass is 16.7. The predicted octanol–water partition coefficient (Wildman–Crippen LogP) is 8.34. The van der Waals surface area contributed by atoms with Crippen LogP contribution in [0.1, 0.15) is 120 Å². The van der Waals surface area contributed by atoms with Crippen LogP contribution in [0, 0.1) is 5.92 Å². The molecule has 7 rings (SSSR count). The molecule has 0 bridgehead atoms. The summed E-state index contributed by atoms with van der Waals surface area (Å²) in [5.74, 6) is 0.387. The number of benzene rings is 4. The van der Waals surface area contributed by atoms with Crippen LogP contribution < -0.4 is 21.7 Å². The summed E-state index contributed by atoms with van der Waals surface area (Å²) < 4.78 is 13.7. The van der Waals surface area contributed by atoms with Gasteiger partial charge in [-0.05, 0) is 111 Å². The van der Waals surface area contributed by atoms with E-state index in [9.17, 15) is 19.5 Å². The number of carbonyl (C=O) groups is 3. The summed E-state index contributed by atoms with van der Waals surface area (Å²) in [6.45, 7) is 7.10. The molecule has 3 aliphatic rings. The van der Waals surface area contributed by atoms with Crippen LogP contribution in [-0.4, -0.2) is 58.0 Å². The van der Waals surface area contributed by atoms with Gasteiger partial charge >= 0.3 is 0 Å². The lowest BCUT2D eigenvalue weighted by atomic mass is 9.75. The molecule has 324 valence electrons. The Labute approximate surface area is 360 Å². The Morgan fingerprint density at radius 2 is 1.52 bits per heavy atom. The maximum absolute atomic E-state index is 13.9. The van der Waals surface area contributed by atoms with Crippen LogP contribution in [0.2, 0.25) is 0 Å². The standard InChI is InChI=1S/C50H63N5O6/c1-50(2,3)54-48(59)44-26-25-35-12-4-7-18-43(35)55(44)31-40-29-45(36-23-21-33(32-56)22-24-36)61-49(60-40)39-15-9-14-38(28-39)37-13-8-11-34(27-37)30-52-46(57)19-10-20-47(58)53-42-17-6-5-16-41(42)51/h5-6,8-9,11,13-17,21-24,27-28,35,40,43-45,49,56H,4,7,10,12,18-20,25-26,29-32,51H2,1-3H3,(H,52,57)(H,53,58)(H,54,59). The Balaban J connectivity index is 1.04. The molecule has 11 nitrogen and oxygen atoms in total. The number of ether oxygens (including phenoxy) is 2. The maximum atomic E-state index is 13.9. The Morgan fingerprint density at radius 3 is 2.30 bits per heavy atom. The number of piperidine rings is 1. The topological polar surface area (TPSA) is 155 Å². The Hall–Kier alpha value is -5.07. The largest absolute Gasteiger partial charge is 0.397 e. The van der Waals surface area contributed by atoms with E-state index in [-0.39, 0.29) is 61.0 Å². The zero-order chi connectivity index (χ0) is 42.9. The zero-order valence-corrected chi connectivity index (χ0v) is 35.9. The fourth-order valence-corrected chi connectivity index (χ4v) is 9.24. The van der Waals surface area contributed by atoms with Crippen LogP contribution >= 0.6 is 0 Å². The van der Waals surface area contributed by atoms with Gasteiger partial charge in [0.2, 0.25) is 17.7 Å². The Morgan fingerprint density at radius 1 is 0.787 bits per heavy atom. The molecule has 61 heavy (non-hydrogen) atoms. The number of nitrogens with zero attached hydrogens (tertiary/aromatic N) is 1. The molecule has 3 fully saturated rings. The van der Waals surface area contributed by atoms with Gasteiger partial charge in [0.1, 0.15) is 0 Å². The number of amides is 3. The van der Waals surface area contributed by atoms with Crippen molar-refractivity contribution in [1.29, 1.82) is 0 Å². The van der Waals surface area contributed by atoms with Gasteiger partial charge in [0.25, 0.3) is 0 Å². The van der Waals surface area contributed by atoms with Crippen LogP contribution in [-0.2, 0) is 37.0 Å². The minimum Gasteiger partial charge on any atom is -0.397 e. The highest BCUT2D eigenvalue weighted by molar-refractivity contribution is 5.94. The number of hydrogen-bond acceptors (Lipinski definition) is 8. The summed E-state index contributed by atoms with van der Waals surface area (Å²) in [6.07, 6.45) is 7.06. The molecule has 6 unspecified atom stereocenters. The molecule has 0 aromatic heterocycles. The van der Waals surface area contributed by atoms with E-state index in [4.69, 9.17) is 15.2 Å². The second-order valence-corrected chi connectivity index (χ2v) is 18.1. The van der Waals surface area contributed by atoms with Crippen molar-refractivity contribution in [3.8, 4) is 11.1 Å². The number of likely N-dealkylation sites (tertiary alicyclic amines) is 1. The minimum atomic E-state index is -0.649. The SMILES string of the molecule is CC(C)(C)NC(=O)C1CCC2CCCCC2N1CC1CC(c2ccc(CO)cc2)OC(c2cccc(-c3cccc(CNC(=O)CCCC(=O)Nc4ccccc4N)c3)c2)O1. The van der Waals surface area contributed by atoms with Gasteiger partial charge in [-0.15, -0.1) is 0 Å². The monoisotopic (exact) mass is 829 g/mol. The molecular weight excluding hydrogens is 767 g/mol. The predicted molar refractivity (Wildman–Crippen MR) is 239 cm³/mol.